The number of amides is 1. The summed E-state index contributed by atoms with van der Waals surface area (Å²) in [5, 5.41) is 0. The number of hydrogen-bond acceptors (Lipinski definition) is 4. The summed E-state index contributed by atoms with van der Waals surface area (Å²) in [7, 11) is 3.53. The third kappa shape index (κ3) is 23.1. The Labute approximate surface area is 116 Å². The lowest BCUT2D eigenvalue weighted by Crippen LogP contribution is -3.09. The van der Waals surface area contributed by atoms with E-state index in [2.05, 4.69) is 61.6 Å². The zero-order chi connectivity index (χ0) is 16.4. The number of hydrogen-bond donors (Lipinski definition) is 3. The van der Waals surface area contributed by atoms with Crippen LogP contribution >= 0.6 is 7.60 Å². The molecule has 0 atom stereocenters. The fraction of sp³-hybridized carbons (Fsp3) is 0.909. The molecule has 0 unspecified atom stereocenters. The molecule has 0 saturated carbocycles. The summed E-state index contributed by atoms with van der Waals surface area (Å²) in [5.41, 5.74) is 2.23. The molecule has 0 aromatic carbocycles. The molecule has 0 bridgehead atoms. The Bertz CT molecular complexity index is 251. The maximum atomic E-state index is 9.35. The van der Waals surface area contributed by atoms with E-state index in [9.17, 15) is 19.1 Å². The predicted octanol–water partition coefficient (Wildman–Crippen LogP) is -2.94. The highest BCUT2D eigenvalue weighted by Gasteiger charge is 1.95. The molecule has 0 saturated heterocycles. The average molecular weight is 299 g/mol. The summed E-state index contributed by atoms with van der Waals surface area (Å²) in [5.74, 6) is 0. The maximum Gasteiger partial charge on any atom is 0.246 e. The van der Waals surface area contributed by atoms with Crippen molar-refractivity contribution in [1.82, 2.24) is 0 Å². The molecule has 0 aliphatic heterocycles. The van der Waals surface area contributed by atoms with Crippen molar-refractivity contribution < 1.29 is 28.9 Å². The van der Waals surface area contributed by atoms with Gasteiger partial charge >= 0.3 is 0 Å². The van der Waals surface area contributed by atoms with E-state index in [1.807, 2.05) is 0 Å². The fourth-order valence-electron chi connectivity index (χ4n) is 0. The van der Waals surface area contributed by atoms with Gasteiger partial charge < -0.3 is 29.9 Å². The van der Waals surface area contributed by atoms with Crippen LogP contribution in [0.4, 0.5) is 4.79 Å². The monoisotopic (exact) mass is 299 g/mol. The Kier molecular flexibility index (Phi) is 14.1. The number of rotatable bonds is 3. The summed E-state index contributed by atoms with van der Waals surface area (Å²) in [6.45, 7) is 8.81. The number of quaternary nitrogens is 2. The lowest BCUT2D eigenvalue weighted by molar-refractivity contribution is -0.881. The molecule has 0 fully saturated rings. The summed E-state index contributed by atoms with van der Waals surface area (Å²) in [6, 6.07) is 1.54. The Morgan fingerprint density at radius 2 is 1.05 bits per heavy atom. The summed E-state index contributed by atoms with van der Waals surface area (Å²) < 4.78 is 9.33. The molecule has 0 heterocycles. The van der Waals surface area contributed by atoms with Crippen molar-refractivity contribution in [3.63, 3.8) is 0 Å². The topological polar surface area (TPSA) is 115 Å². The van der Waals surface area contributed by atoms with Crippen LogP contribution in [-0.2, 0) is 4.57 Å². The minimum atomic E-state index is -5.10. The van der Waals surface area contributed by atoms with Crippen LogP contribution in [0.25, 0.3) is 0 Å². The van der Waals surface area contributed by atoms with Crippen LogP contribution in [0.1, 0.15) is 27.7 Å². The molecule has 0 spiro atoms. The zero-order valence-corrected chi connectivity index (χ0v) is 14.2. The second-order valence-electron chi connectivity index (χ2n) is 5.30. The van der Waals surface area contributed by atoms with Crippen molar-refractivity contribution in [1.29, 1.82) is 0 Å². The van der Waals surface area contributed by atoms with E-state index in [-0.39, 0.29) is 0 Å². The Balaban J connectivity index is -0.000000203. The first kappa shape index (κ1) is 23.6. The third-order valence-corrected chi connectivity index (χ3v) is 3.12. The van der Waals surface area contributed by atoms with Gasteiger partial charge in [-0.15, -0.1) is 0 Å². The molecule has 0 radical (unpaired) electrons. The highest BCUT2D eigenvalue weighted by Crippen LogP contribution is 2.20. The van der Waals surface area contributed by atoms with Crippen molar-refractivity contribution >= 4 is 13.2 Å². The van der Waals surface area contributed by atoms with Crippen LogP contribution in [0.3, 0.4) is 0 Å². The molecular formula is C11H30N3O4P. The molecule has 0 aliphatic rings. The summed E-state index contributed by atoms with van der Waals surface area (Å²) in [4.78, 5) is 31.0. The van der Waals surface area contributed by atoms with Gasteiger partial charge in [-0.1, -0.05) is 0 Å². The number of carbonyl (C=O) groups is 1. The number of carbonyl (C=O) groups excluding carboxylic acids is 1. The zero-order valence-electron chi connectivity index (χ0n) is 13.3. The number of nitrogens with two attached hydrogens (primary N) is 1. The molecule has 0 rings (SSSR count). The van der Waals surface area contributed by atoms with Crippen LogP contribution in [-0.4, -0.2) is 45.9 Å². The molecule has 0 aliphatic carbocycles. The van der Waals surface area contributed by atoms with Gasteiger partial charge in [0.15, 0.2) is 0 Å². The minimum Gasteiger partial charge on any atom is -0.804 e. The molecule has 0 aromatic rings. The van der Waals surface area contributed by atoms with Crippen LogP contribution in [0, 0.1) is 0 Å². The first-order valence-corrected chi connectivity index (χ1v) is 7.69. The van der Waals surface area contributed by atoms with Crippen molar-refractivity contribution in [2.24, 2.45) is 5.73 Å². The molecule has 1 amide bonds. The van der Waals surface area contributed by atoms with Gasteiger partial charge in [-0.3, -0.25) is 4.79 Å². The Morgan fingerprint density at radius 1 is 0.947 bits per heavy atom. The van der Waals surface area contributed by atoms with Gasteiger partial charge in [-0.05, 0) is 27.7 Å². The van der Waals surface area contributed by atoms with Crippen LogP contribution in [0.2, 0.25) is 0 Å². The summed E-state index contributed by atoms with van der Waals surface area (Å²) >= 11 is 0. The molecule has 19 heavy (non-hydrogen) atoms. The van der Waals surface area contributed by atoms with Gasteiger partial charge in [0.05, 0.1) is 40.3 Å². The SMILES string of the molecule is CC(C)[NH+](C)C.CC(C)[NH+](C)C.NC(=O)P(=O)([O-])[O-]. The van der Waals surface area contributed by atoms with Crippen molar-refractivity contribution in [3.8, 4) is 0 Å². The third-order valence-electron chi connectivity index (χ3n) is 2.58. The van der Waals surface area contributed by atoms with Gasteiger partial charge in [0.25, 0.3) is 0 Å². The van der Waals surface area contributed by atoms with Gasteiger partial charge in [-0.25, -0.2) is 0 Å². The van der Waals surface area contributed by atoms with E-state index >= 15 is 0 Å². The van der Waals surface area contributed by atoms with E-state index in [1.165, 1.54) is 9.80 Å². The largest absolute Gasteiger partial charge is 0.804 e. The quantitative estimate of drug-likeness (QED) is 0.483. The van der Waals surface area contributed by atoms with Crippen molar-refractivity contribution in [2.75, 3.05) is 28.2 Å². The van der Waals surface area contributed by atoms with E-state index < -0.39 is 13.2 Å². The van der Waals surface area contributed by atoms with E-state index in [4.69, 9.17) is 0 Å². The summed E-state index contributed by atoms with van der Waals surface area (Å²) in [6.07, 6.45) is 0. The minimum absolute atomic E-state index is 0.769. The maximum absolute atomic E-state index is 9.35. The predicted molar refractivity (Wildman–Crippen MR) is 73.1 cm³/mol. The molecule has 7 nitrogen and oxygen atoms in total. The Morgan fingerprint density at radius 3 is 1.05 bits per heavy atom. The Hall–Kier alpha value is -0.460. The van der Waals surface area contributed by atoms with Crippen molar-refractivity contribution in [3.05, 3.63) is 0 Å². The van der Waals surface area contributed by atoms with E-state index in [0.717, 1.165) is 12.1 Å². The molecule has 4 N–H and O–H groups in total. The first-order chi connectivity index (χ1) is 8.23. The number of primary amides is 1. The van der Waals surface area contributed by atoms with Gasteiger partial charge in [0.1, 0.15) is 0 Å². The molecule has 8 heteroatoms. The lowest BCUT2D eigenvalue weighted by Gasteiger charge is -2.23. The van der Waals surface area contributed by atoms with Gasteiger partial charge in [0, 0.05) is 7.60 Å². The van der Waals surface area contributed by atoms with E-state index in [0.29, 0.717) is 0 Å². The van der Waals surface area contributed by atoms with Crippen molar-refractivity contribution in [2.45, 2.75) is 39.8 Å². The highest BCUT2D eigenvalue weighted by atomic mass is 31.2. The normalized spacial score (nSPS) is 11.1. The highest BCUT2D eigenvalue weighted by molar-refractivity contribution is 7.67. The van der Waals surface area contributed by atoms with Crippen LogP contribution in [0.15, 0.2) is 0 Å². The second-order valence-corrected chi connectivity index (χ2v) is 6.74. The number of nitrogens with one attached hydrogen (secondary N) is 2. The van der Waals surface area contributed by atoms with Crippen LogP contribution in [0.5, 0.6) is 0 Å². The first-order valence-electron chi connectivity index (χ1n) is 6.15. The standard InChI is InChI=1S/2C5H13N.CH4NO4P/c2*1-5(2)6(3)4;2-1(3)7(4,5)6/h2*5H,1-4H3;(H2,2,3)(H2,4,5,6). The molecule has 118 valence electrons. The lowest BCUT2D eigenvalue weighted by atomic mass is 10.4. The van der Waals surface area contributed by atoms with Gasteiger partial charge in [0.2, 0.25) is 5.65 Å². The second kappa shape index (κ2) is 11.4. The fourth-order valence-corrected chi connectivity index (χ4v) is 0. The van der Waals surface area contributed by atoms with Gasteiger partial charge in [-0.2, -0.15) is 0 Å². The molecular weight excluding hydrogens is 269 g/mol. The van der Waals surface area contributed by atoms with Crippen LogP contribution < -0.4 is 25.3 Å². The molecule has 0 aromatic heterocycles. The van der Waals surface area contributed by atoms with E-state index in [1.54, 1.807) is 0 Å². The average Bonchev–Trinajstić information content (AvgIpc) is 2.17. The smallest absolute Gasteiger partial charge is 0.246 e.